The quantitative estimate of drug-likeness (QED) is 0.864. The second-order valence-electron chi connectivity index (χ2n) is 5.26. The number of nitrogens with two attached hydrogens (primary N) is 1. The first-order valence-corrected chi connectivity index (χ1v) is 7.13. The zero-order valence-corrected chi connectivity index (χ0v) is 11.9. The fourth-order valence-corrected chi connectivity index (χ4v) is 2.07. The lowest BCUT2D eigenvalue weighted by Gasteiger charge is -2.10. The molecule has 0 spiro atoms. The van der Waals surface area contributed by atoms with Crippen LogP contribution in [0.25, 0.3) is 11.4 Å². The molecule has 1 heterocycles. The van der Waals surface area contributed by atoms with E-state index >= 15 is 0 Å². The van der Waals surface area contributed by atoms with E-state index in [4.69, 9.17) is 5.73 Å². The van der Waals surface area contributed by atoms with Crippen LogP contribution < -0.4 is 11.1 Å². The van der Waals surface area contributed by atoms with Gasteiger partial charge in [0.1, 0.15) is 0 Å². The number of anilines is 1. The highest BCUT2D eigenvalue weighted by Gasteiger charge is 2.28. The fraction of sp³-hybridized carbons (Fsp3) is 0.429. The third kappa shape index (κ3) is 2.92. The van der Waals surface area contributed by atoms with Crippen molar-refractivity contribution in [2.75, 3.05) is 5.32 Å². The Morgan fingerprint density at radius 2 is 2.14 bits per heavy atom. The molecule has 1 unspecified atom stereocenters. The minimum absolute atomic E-state index is 0.173. The van der Waals surface area contributed by atoms with Gasteiger partial charge in [-0.1, -0.05) is 6.92 Å². The van der Waals surface area contributed by atoms with Crippen molar-refractivity contribution in [3.8, 4) is 11.4 Å². The Morgan fingerprint density at radius 1 is 1.43 bits per heavy atom. The second-order valence-corrected chi connectivity index (χ2v) is 5.26. The first kappa shape index (κ1) is 13.7. The van der Waals surface area contributed by atoms with Crippen LogP contribution in [0.3, 0.4) is 0 Å². The molecule has 1 aliphatic carbocycles. The van der Waals surface area contributed by atoms with Gasteiger partial charge in [-0.25, -0.2) is 4.68 Å². The number of aromatic nitrogens is 4. The van der Waals surface area contributed by atoms with Crippen LogP contribution in [0.2, 0.25) is 0 Å². The molecule has 1 amide bonds. The highest BCUT2D eigenvalue weighted by molar-refractivity contribution is 5.94. The van der Waals surface area contributed by atoms with E-state index in [9.17, 15) is 4.79 Å². The van der Waals surface area contributed by atoms with Crippen molar-refractivity contribution in [2.45, 2.75) is 38.3 Å². The number of nitrogens with one attached hydrogen (secondary N) is 1. The molecule has 0 aliphatic heterocycles. The minimum Gasteiger partial charge on any atom is -0.325 e. The van der Waals surface area contributed by atoms with Crippen molar-refractivity contribution in [2.24, 2.45) is 5.73 Å². The van der Waals surface area contributed by atoms with Gasteiger partial charge < -0.3 is 11.1 Å². The number of benzene rings is 1. The summed E-state index contributed by atoms with van der Waals surface area (Å²) in [7, 11) is 0. The van der Waals surface area contributed by atoms with Crippen molar-refractivity contribution in [1.29, 1.82) is 0 Å². The third-order valence-electron chi connectivity index (χ3n) is 3.57. The van der Waals surface area contributed by atoms with Crippen molar-refractivity contribution < 1.29 is 4.79 Å². The lowest BCUT2D eigenvalue weighted by molar-refractivity contribution is -0.117. The van der Waals surface area contributed by atoms with Gasteiger partial charge in [0.05, 0.1) is 12.1 Å². The van der Waals surface area contributed by atoms with Crippen LogP contribution in [0.15, 0.2) is 24.3 Å². The minimum atomic E-state index is -0.480. The number of rotatable bonds is 5. The Morgan fingerprint density at radius 3 is 2.76 bits per heavy atom. The first-order chi connectivity index (χ1) is 10.2. The molecule has 1 aliphatic rings. The summed E-state index contributed by atoms with van der Waals surface area (Å²) in [4.78, 5) is 11.7. The van der Waals surface area contributed by atoms with Gasteiger partial charge in [0.25, 0.3) is 0 Å². The monoisotopic (exact) mass is 286 g/mol. The standard InChI is InChI=1S/C14H18N6O/c1-2-12(15)14(21)16-10-5-3-9(4-6-10)13-17-18-19-20(13)11-7-8-11/h3-6,11-12H,2,7-8,15H2,1H3,(H,16,21). The van der Waals surface area contributed by atoms with Gasteiger partial charge >= 0.3 is 0 Å². The fourth-order valence-electron chi connectivity index (χ4n) is 2.07. The van der Waals surface area contributed by atoms with Gasteiger partial charge in [0.15, 0.2) is 5.82 Å². The maximum absolute atomic E-state index is 11.7. The predicted octanol–water partition coefficient (Wildman–Crippen LogP) is 1.35. The molecule has 7 nitrogen and oxygen atoms in total. The number of hydrogen-bond acceptors (Lipinski definition) is 5. The molecule has 0 saturated heterocycles. The number of hydrogen-bond donors (Lipinski definition) is 2. The zero-order valence-electron chi connectivity index (χ0n) is 11.9. The van der Waals surface area contributed by atoms with Crippen molar-refractivity contribution >= 4 is 11.6 Å². The zero-order chi connectivity index (χ0) is 14.8. The Hall–Kier alpha value is -2.28. The van der Waals surface area contributed by atoms with Gasteiger partial charge in [-0.15, -0.1) is 5.10 Å². The summed E-state index contributed by atoms with van der Waals surface area (Å²) in [5.74, 6) is 0.591. The molecule has 7 heteroatoms. The second kappa shape index (κ2) is 5.61. The van der Waals surface area contributed by atoms with E-state index in [1.165, 1.54) is 0 Å². The van der Waals surface area contributed by atoms with Gasteiger partial charge in [0, 0.05) is 11.3 Å². The molecule has 2 aromatic rings. The van der Waals surface area contributed by atoms with Crippen LogP contribution in [-0.4, -0.2) is 32.2 Å². The number of carbonyl (C=O) groups excluding carboxylic acids is 1. The Balaban J connectivity index is 1.75. The molecular weight excluding hydrogens is 268 g/mol. The van der Waals surface area contributed by atoms with E-state index < -0.39 is 6.04 Å². The molecule has 1 saturated carbocycles. The smallest absolute Gasteiger partial charge is 0.241 e. The number of carbonyl (C=O) groups is 1. The maximum atomic E-state index is 11.7. The molecule has 1 aromatic heterocycles. The predicted molar refractivity (Wildman–Crippen MR) is 78.4 cm³/mol. The number of nitrogens with zero attached hydrogens (tertiary/aromatic N) is 4. The van der Waals surface area contributed by atoms with E-state index in [-0.39, 0.29) is 5.91 Å². The van der Waals surface area contributed by atoms with E-state index in [0.717, 1.165) is 29.9 Å². The Bertz CT molecular complexity index is 631. The molecule has 1 aromatic carbocycles. The molecule has 21 heavy (non-hydrogen) atoms. The summed E-state index contributed by atoms with van der Waals surface area (Å²) in [5, 5.41) is 14.6. The SMILES string of the molecule is CCC(N)C(=O)Nc1ccc(-c2nnnn2C2CC2)cc1. The molecule has 3 rings (SSSR count). The van der Waals surface area contributed by atoms with Crippen molar-refractivity contribution in [1.82, 2.24) is 20.2 Å². The molecule has 1 atom stereocenters. The lowest BCUT2D eigenvalue weighted by Crippen LogP contribution is -2.34. The highest BCUT2D eigenvalue weighted by Crippen LogP contribution is 2.36. The lowest BCUT2D eigenvalue weighted by atomic mass is 10.1. The normalized spacial score (nSPS) is 15.7. The molecule has 110 valence electrons. The molecule has 0 radical (unpaired) electrons. The molecular formula is C14H18N6O. The van der Waals surface area contributed by atoms with Crippen LogP contribution >= 0.6 is 0 Å². The van der Waals surface area contributed by atoms with E-state index in [1.807, 2.05) is 35.9 Å². The summed E-state index contributed by atoms with van der Waals surface area (Å²) in [6, 6.07) is 7.42. The molecule has 3 N–H and O–H groups in total. The summed E-state index contributed by atoms with van der Waals surface area (Å²) in [6.45, 7) is 1.88. The van der Waals surface area contributed by atoms with Crippen molar-refractivity contribution in [3.05, 3.63) is 24.3 Å². The average molecular weight is 286 g/mol. The summed E-state index contributed by atoms with van der Waals surface area (Å²) in [6.07, 6.45) is 2.86. The third-order valence-corrected chi connectivity index (χ3v) is 3.57. The van der Waals surface area contributed by atoms with Crippen LogP contribution in [0.4, 0.5) is 5.69 Å². The number of tetrazole rings is 1. The topological polar surface area (TPSA) is 98.7 Å². The van der Waals surface area contributed by atoms with Gasteiger partial charge in [-0.3, -0.25) is 4.79 Å². The summed E-state index contributed by atoms with van der Waals surface area (Å²) < 4.78 is 1.86. The van der Waals surface area contributed by atoms with E-state index in [2.05, 4.69) is 20.8 Å². The maximum Gasteiger partial charge on any atom is 0.241 e. The summed E-state index contributed by atoms with van der Waals surface area (Å²) in [5.41, 5.74) is 7.34. The van der Waals surface area contributed by atoms with Crippen LogP contribution in [-0.2, 0) is 4.79 Å². The highest BCUT2D eigenvalue weighted by atomic mass is 16.2. The Kier molecular flexibility index (Phi) is 3.66. The summed E-state index contributed by atoms with van der Waals surface area (Å²) >= 11 is 0. The van der Waals surface area contributed by atoms with E-state index in [1.54, 1.807) is 0 Å². The number of amides is 1. The van der Waals surface area contributed by atoms with Gasteiger partial charge in [-0.2, -0.15) is 0 Å². The van der Waals surface area contributed by atoms with Gasteiger partial charge in [0.2, 0.25) is 5.91 Å². The molecule has 1 fully saturated rings. The van der Waals surface area contributed by atoms with E-state index in [0.29, 0.717) is 12.5 Å². The van der Waals surface area contributed by atoms with Gasteiger partial charge in [-0.05, 0) is 54.0 Å². The average Bonchev–Trinajstić information content (AvgIpc) is 3.24. The Labute approximate surface area is 122 Å². The van der Waals surface area contributed by atoms with Crippen LogP contribution in [0.1, 0.15) is 32.2 Å². The van der Waals surface area contributed by atoms with Crippen LogP contribution in [0, 0.1) is 0 Å². The first-order valence-electron chi connectivity index (χ1n) is 7.13. The molecule has 0 bridgehead atoms. The van der Waals surface area contributed by atoms with Crippen LogP contribution in [0.5, 0.6) is 0 Å². The largest absolute Gasteiger partial charge is 0.325 e. The van der Waals surface area contributed by atoms with Crippen molar-refractivity contribution in [3.63, 3.8) is 0 Å².